The first-order valence-electron chi connectivity index (χ1n) is 12.7. The van der Waals surface area contributed by atoms with Gasteiger partial charge in [0.25, 0.3) is 5.91 Å². The molecule has 2 unspecified atom stereocenters. The fourth-order valence-electron chi connectivity index (χ4n) is 5.36. The third-order valence-corrected chi connectivity index (χ3v) is 7.34. The molecule has 1 saturated heterocycles. The number of fused-ring (bicyclic) bond motifs is 1. The molecule has 4 atom stereocenters. The molecule has 2 aromatic rings. The number of nitrogens with one attached hydrogen (secondary N) is 3. The van der Waals surface area contributed by atoms with E-state index in [-0.39, 0.29) is 36.4 Å². The summed E-state index contributed by atoms with van der Waals surface area (Å²) in [6, 6.07) is 7.83. The van der Waals surface area contributed by atoms with Gasteiger partial charge in [-0.25, -0.2) is 4.39 Å². The van der Waals surface area contributed by atoms with Crippen molar-refractivity contribution in [3.05, 3.63) is 83.5 Å². The summed E-state index contributed by atoms with van der Waals surface area (Å²) in [5, 5.41) is 10.3. The Labute approximate surface area is 220 Å². The maximum absolute atomic E-state index is 14.7. The number of likely N-dealkylation sites (tertiary alicyclic amines) is 1. The Morgan fingerprint density at radius 1 is 1.21 bits per heavy atom. The molecule has 3 aliphatic rings. The largest absolute Gasteiger partial charge is 0.496 e. The van der Waals surface area contributed by atoms with E-state index in [2.05, 4.69) is 26.1 Å². The SMILES string of the molecule is CNC(=O)[C@@H]1CC[C@@H](NC(=O)C2=CC3C(c4ccncc4)=NNC3C=C2)CN1Cc1c(F)cccc1OC. The first-order chi connectivity index (χ1) is 18.5. The number of methoxy groups -OCH3 is 1. The second-order valence-corrected chi connectivity index (χ2v) is 9.62. The maximum atomic E-state index is 14.7. The summed E-state index contributed by atoms with van der Waals surface area (Å²) in [5.74, 6) is -0.360. The molecule has 38 heavy (non-hydrogen) atoms. The number of aromatic nitrogens is 1. The van der Waals surface area contributed by atoms with Crippen molar-refractivity contribution < 1.29 is 18.7 Å². The van der Waals surface area contributed by atoms with Crippen molar-refractivity contribution in [2.75, 3.05) is 20.7 Å². The first kappa shape index (κ1) is 25.6. The molecule has 0 saturated carbocycles. The van der Waals surface area contributed by atoms with Crippen LogP contribution in [0, 0.1) is 11.7 Å². The molecule has 0 radical (unpaired) electrons. The van der Waals surface area contributed by atoms with Crippen LogP contribution in [0.4, 0.5) is 4.39 Å². The number of likely N-dealkylation sites (N-methyl/N-ethyl adjacent to an activating group) is 1. The summed E-state index contributed by atoms with van der Waals surface area (Å²) < 4.78 is 20.1. The summed E-state index contributed by atoms with van der Waals surface area (Å²) in [7, 11) is 3.09. The zero-order chi connectivity index (χ0) is 26.6. The minimum absolute atomic E-state index is 0.0102. The number of piperidine rings is 1. The summed E-state index contributed by atoms with van der Waals surface area (Å²) >= 11 is 0. The number of hydrogen-bond donors (Lipinski definition) is 3. The predicted octanol–water partition coefficient (Wildman–Crippen LogP) is 1.91. The van der Waals surface area contributed by atoms with Crippen molar-refractivity contribution >= 4 is 17.5 Å². The standard InChI is InChI=1S/C28H31FN6O3/c1-30-28(37)24-9-7-19(15-35(24)16-21-22(29)4-3-5-25(21)38-2)32-27(36)18-6-8-23-20(14-18)26(34-33-23)17-10-12-31-13-11-17/h3-6,8,10-14,19-20,23-24,33H,7,9,15-16H2,1-2H3,(H,30,37)(H,32,36)/t19-,20?,23?,24+/m1/s1. The lowest BCUT2D eigenvalue weighted by Crippen LogP contribution is -2.56. The van der Waals surface area contributed by atoms with Gasteiger partial charge in [0.05, 0.1) is 24.9 Å². The van der Waals surface area contributed by atoms with Gasteiger partial charge in [0.2, 0.25) is 5.91 Å². The van der Waals surface area contributed by atoms with E-state index in [9.17, 15) is 14.0 Å². The highest BCUT2D eigenvalue weighted by molar-refractivity contribution is 6.06. The van der Waals surface area contributed by atoms with Crippen LogP contribution in [-0.4, -0.2) is 66.2 Å². The Morgan fingerprint density at radius 2 is 2.03 bits per heavy atom. The number of benzene rings is 1. The fourth-order valence-corrected chi connectivity index (χ4v) is 5.36. The van der Waals surface area contributed by atoms with Crippen molar-refractivity contribution in [3.63, 3.8) is 0 Å². The quantitative estimate of drug-likeness (QED) is 0.517. The van der Waals surface area contributed by atoms with Gasteiger partial charge in [0.15, 0.2) is 0 Å². The van der Waals surface area contributed by atoms with E-state index in [1.165, 1.54) is 13.2 Å². The van der Waals surface area contributed by atoms with Crippen LogP contribution in [0.3, 0.4) is 0 Å². The highest BCUT2D eigenvalue weighted by atomic mass is 19.1. The number of pyridine rings is 1. The molecule has 3 N–H and O–H groups in total. The minimum Gasteiger partial charge on any atom is -0.496 e. The molecule has 1 aromatic heterocycles. The molecule has 198 valence electrons. The molecule has 1 aromatic carbocycles. The van der Waals surface area contributed by atoms with Gasteiger partial charge < -0.3 is 20.8 Å². The van der Waals surface area contributed by atoms with Gasteiger partial charge in [0, 0.05) is 61.2 Å². The number of amides is 2. The number of carbonyl (C=O) groups excluding carboxylic acids is 2. The normalized spacial score (nSPS) is 24.5. The molecular weight excluding hydrogens is 487 g/mol. The lowest BCUT2D eigenvalue weighted by atomic mass is 9.86. The predicted molar refractivity (Wildman–Crippen MR) is 141 cm³/mol. The third-order valence-electron chi connectivity index (χ3n) is 7.34. The highest BCUT2D eigenvalue weighted by Gasteiger charge is 2.36. The number of halogens is 1. The van der Waals surface area contributed by atoms with E-state index in [4.69, 9.17) is 4.74 Å². The van der Waals surface area contributed by atoms with Crippen molar-refractivity contribution in [3.8, 4) is 5.75 Å². The lowest BCUT2D eigenvalue weighted by Gasteiger charge is -2.39. The van der Waals surface area contributed by atoms with Crippen molar-refractivity contribution in [1.29, 1.82) is 0 Å². The number of hydrogen-bond acceptors (Lipinski definition) is 7. The average Bonchev–Trinajstić information content (AvgIpc) is 3.37. The molecule has 0 spiro atoms. The smallest absolute Gasteiger partial charge is 0.251 e. The van der Waals surface area contributed by atoms with Crippen molar-refractivity contribution in [2.45, 2.75) is 37.5 Å². The zero-order valence-corrected chi connectivity index (χ0v) is 21.4. The van der Waals surface area contributed by atoms with Crippen LogP contribution in [0.25, 0.3) is 0 Å². The number of hydrazone groups is 1. The summed E-state index contributed by atoms with van der Waals surface area (Å²) in [5.41, 5.74) is 5.90. The number of nitrogens with zero attached hydrogens (tertiary/aromatic N) is 3. The molecule has 3 heterocycles. The lowest BCUT2D eigenvalue weighted by molar-refractivity contribution is -0.128. The summed E-state index contributed by atoms with van der Waals surface area (Å²) in [6.45, 7) is 0.583. The number of carbonyl (C=O) groups is 2. The first-order valence-corrected chi connectivity index (χ1v) is 12.7. The van der Waals surface area contributed by atoms with E-state index in [1.807, 2.05) is 35.3 Å². The third kappa shape index (κ3) is 5.17. The molecule has 2 aliphatic heterocycles. The molecule has 5 rings (SSSR count). The van der Waals surface area contributed by atoms with Crippen LogP contribution < -0.4 is 20.8 Å². The Hall–Kier alpha value is -4.05. The van der Waals surface area contributed by atoms with Gasteiger partial charge in [-0.15, -0.1) is 0 Å². The second-order valence-electron chi connectivity index (χ2n) is 9.62. The van der Waals surface area contributed by atoms with E-state index >= 15 is 0 Å². The van der Waals surface area contributed by atoms with E-state index in [1.54, 1.807) is 31.6 Å². The van der Waals surface area contributed by atoms with Crippen LogP contribution in [0.1, 0.15) is 24.0 Å². The topological polar surface area (TPSA) is 108 Å². The van der Waals surface area contributed by atoms with Gasteiger partial charge >= 0.3 is 0 Å². The number of ether oxygens (including phenoxy) is 1. The highest BCUT2D eigenvalue weighted by Crippen LogP contribution is 2.29. The van der Waals surface area contributed by atoms with Crippen molar-refractivity contribution in [1.82, 2.24) is 25.9 Å². The van der Waals surface area contributed by atoms with Gasteiger partial charge in [0.1, 0.15) is 11.6 Å². The Bertz CT molecular complexity index is 1290. The minimum atomic E-state index is -0.435. The average molecular weight is 519 g/mol. The molecule has 2 amide bonds. The Kier molecular flexibility index (Phi) is 7.50. The van der Waals surface area contributed by atoms with Crippen molar-refractivity contribution in [2.24, 2.45) is 11.0 Å². The van der Waals surface area contributed by atoms with Crippen LogP contribution in [-0.2, 0) is 16.1 Å². The van der Waals surface area contributed by atoms with Gasteiger partial charge in [-0.05, 0) is 37.1 Å². The van der Waals surface area contributed by atoms with Crippen LogP contribution in [0.5, 0.6) is 5.75 Å². The molecule has 0 bridgehead atoms. The molecule has 1 aliphatic carbocycles. The van der Waals surface area contributed by atoms with Crippen LogP contribution in [0.15, 0.2) is 71.6 Å². The van der Waals surface area contributed by atoms with E-state index in [0.29, 0.717) is 36.3 Å². The zero-order valence-electron chi connectivity index (χ0n) is 21.4. The van der Waals surface area contributed by atoms with Crippen LogP contribution >= 0.6 is 0 Å². The molecular formula is C28H31FN6O3. The Balaban J connectivity index is 1.30. The summed E-state index contributed by atoms with van der Waals surface area (Å²) in [4.78, 5) is 31.9. The van der Waals surface area contributed by atoms with Crippen LogP contribution in [0.2, 0.25) is 0 Å². The monoisotopic (exact) mass is 518 g/mol. The van der Waals surface area contributed by atoms with Gasteiger partial charge in [-0.3, -0.25) is 19.5 Å². The summed E-state index contributed by atoms with van der Waals surface area (Å²) in [6.07, 6.45) is 10.3. The fraction of sp³-hybridized carbons (Fsp3) is 0.357. The number of rotatable bonds is 7. The second kappa shape index (κ2) is 11.1. The Morgan fingerprint density at radius 3 is 2.79 bits per heavy atom. The van der Waals surface area contributed by atoms with E-state index < -0.39 is 11.9 Å². The van der Waals surface area contributed by atoms with Gasteiger partial charge in [-0.1, -0.05) is 24.3 Å². The maximum Gasteiger partial charge on any atom is 0.251 e. The van der Waals surface area contributed by atoms with E-state index in [0.717, 1.165) is 11.3 Å². The molecule has 1 fully saturated rings. The van der Waals surface area contributed by atoms with Gasteiger partial charge in [-0.2, -0.15) is 5.10 Å². The molecule has 9 nitrogen and oxygen atoms in total. The molecule has 10 heteroatoms.